The van der Waals surface area contributed by atoms with E-state index in [1.54, 1.807) is 0 Å². The first kappa shape index (κ1) is 13.0. The maximum Gasteiger partial charge on any atom is 0.337 e. The molecule has 2 heterocycles. The first-order valence-corrected chi connectivity index (χ1v) is 5.67. The van der Waals surface area contributed by atoms with E-state index in [1.165, 1.54) is 19.3 Å². The summed E-state index contributed by atoms with van der Waals surface area (Å²) >= 11 is 0. The highest BCUT2D eigenvalue weighted by atomic mass is 16.4. The van der Waals surface area contributed by atoms with Crippen LogP contribution in [0.25, 0.3) is 0 Å². The number of rotatable bonds is 2. The largest absolute Gasteiger partial charge is 0.478 e. The highest BCUT2D eigenvalue weighted by Gasteiger charge is 2.30. The average molecular weight is 264 g/mol. The lowest BCUT2D eigenvalue weighted by Crippen LogP contribution is -2.41. The molecule has 1 atom stereocenters. The zero-order valence-corrected chi connectivity index (χ0v) is 10.2. The maximum atomic E-state index is 12.0. The number of carboxylic acid groups (broad SMARTS) is 1. The third-order valence-electron chi connectivity index (χ3n) is 3.07. The molecule has 19 heavy (non-hydrogen) atoms. The second kappa shape index (κ2) is 4.68. The molecule has 0 saturated carbocycles. The number of carbonyl (C=O) groups excluding carboxylic acids is 2. The normalized spacial score (nSPS) is 19.1. The lowest BCUT2D eigenvalue weighted by atomic mass is 9.90. The van der Waals surface area contributed by atoms with Crippen LogP contribution in [-0.2, 0) is 16.6 Å². The van der Waals surface area contributed by atoms with Gasteiger partial charge in [-0.3, -0.25) is 19.7 Å². The number of carbonyl (C=O) groups is 3. The van der Waals surface area contributed by atoms with Gasteiger partial charge < -0.3 is 9.67 Å². The van der Waals surface area contributed by atoms with Crippen molar-refractivity contribution in [2.75, 3.05) is 0 Å². The molecule has 1 aromatic rings. The molecule has 100 valence electrons. The number of piperidine rings is 1. The highest BCUT2D eigenvalue weighted by molar-refractivity contribution is 6.01. The molecule has 1 fully saturated rings. The van der Waals surface area contributed by atoms with E-state index in [2.05, 4.69) is 5.32 Å². The first-order valence-electron chi connectivity index (χ1n) is 5.67. The van der Waals surface area contributed by atoms with Gasteiger partial charge in [-0.15, -0.1) is 0 Å². The highest BCUT2D eigenvalue weighted by Crippen LogP contribution is 2.22. The van der Waals surface area contributed by atoms with Gasteiger partial charge >= 0.3 is 5.97 Å². The molecule has 7 heteroatoms. The number of aromatic carboxylic acids is 1. The van der Waals surface area contributed by atoms with Gasteiger partial charge in [-0.2, -0.15) is 0 Å². The minimum Gasteiger partial charge on any atom is -0.478 e. The van der Waals surface area contributed by atoms with Crippen LogP contribution in [0.1, 0.15) is 34.7 Å². The molecular formula is C12H12N2O5. The lowest BCUT2D eigenvalue weighted by Gasteiger charge is -2.21. The molecule has 0 spiro atoms. The molecule has 0 radical (unpaired) electrons. The fourth-order valence-corrected chi connectivity index (χ4v) is 2.09. The Bertz CT molecular complexity index is 631. The Morgan fingerprint density at radius 2 is 2.11 bits per heavy atom. The van der Waals surface area contributed by atoms with Crippen LogP contribution in [0.4, 0.5) is 0 Å². The van der Waals surface area contributed by atoms with Crippen molar-refractivity contribution in [1.29, 1.82) is 0 Å². The second-order valence-corrected chi connectivity index (χ2v) is 4.41. The van der Waals surface area contributed by atoms with Gasteiger partial charge in [0.25, 0.3) is 5.56 Å². The van der Waals surface area contributed by atoms with E-state index in [1.807, 2.05) is 0 Å². The summed E-state index contributed by atoms with van der Waals surface area (Å²) in [5.41, 5.74) is -0.395. The van der Waals surface area contributed by atoms with Gasteiger partial charge in [-0.05, 0) is 12.5 Å². The Hall–Kier alpha value is -2.44. The number of amides is 2. The summed E-state index contributed by atoms with van der Waals surface area (Å²) in [7, 11) is 1.42. The van der Waals surface area contributed by atoms with Crippen LogP contribution >= 0.6 is 0 Å². The van der Waals surface area contributed by atoms with Gasteiger partial charge in [0.1, 0.15) is 0 Å². The summed E-state index contributed by atoms with van der Waals surface area (Å²) in [6, 6.07) is 1.20. The zero-order valence-electron chi connectivity index (χ0n) is 10.2. The molecule has 1 unspecified atom stereocenters. The molecule has 2 N–H and O–H groups in total. The predicted octanol–water partition coefficient (Wildman–Crippen LogP) is -0.396. The van der Waals surface area contributed by atoms with Crippen LogP contribution < -0.4 is 10.9 Å². The SMILES string of the molecule is Cn1cc(C(=O)O)cc(C2CCC(=O)NC2=O)c1=O. The Kier molecular flexibility index (Phi) is 3.20. The van der Waals surface area contributed by atoms with E-state index < -0.39 is 23.4 Å². The number of aryl methyl sites for hydroxylation is 1. The Labute approximate surface area is 107 Å². The Morgan fingerprint density at radius 1 is 1.42 bits per heavy atom. The number of hydrogen-bond donors (Lipinski definition) is 2. The van der Waals surface area contributed by atoms with E-state index >= 15 is 0 Å². The van der Waals surface area contributed by atoms with Crippen LogP contribution in [0.3, 0.4) is 0 Å². The summed E-state index contributed by atoms with van der Waals surface area (Å²) < 4.78 is 1.13. The number of hydrogen-bond acceptors (Lipinski definition) is 4. The van der Waals surface area contributed by atoms with Gasteiger partial charge in [-0.25, -0.2) is 4.79 Å². The monoisotopic (exact) mass is 264 g/mol. The Balaban J connectivity index is 2.50. The number of carboxylic acids is 1. The van der Waals surface area contributed by atoms with Crippen molar-refractivity contribution in [3.05, 3.63) is 33.7 Å². The van der Waals surface area contributed by atoms with E-state index in [-0.39, 0.29) is 29.9 Å². The van der Waals surface area contributed by atoms with Crippen molar-refractivity contribution >= 4 is 17.8 Å². The molecular weight excluding hydrogens is 252 g/mol. The molecule has 1 aliphatic heterocycles. The van der Waals surface area contributed by atoms with Gasteiger partial charge in [0.2, 0.25) is 11.8 Å². The molecule has 2 rings (SSSR count). The minimum atomic E-state index is -1.18. The summed E-state index contributed by atoms with van der Waals surface area (Å²) in [6.45, 7) is 0. The molecule has 1 saturated heterocycles. The van der Waals surface area contributed by atoms with E-state index in [4.69, 9.17) is 5.11 Å². The van der Waals surface area contributed by atoms with Crippen LogP contribution in [0.5, 0.6) is 0 Å². The van der Waals surface area contributed by atoms with E-state index in [0.29, 0.717) is 0 Å². The number of imide groups is 1. The van der Waals surface area contributed by atoms with Crippen molar-refractivity contribution in [1.82, 2.24) is 9.88 Å². The first-order chi connectivity index (χ1) is 8.90. The smallest absolute Gasteiger partial charge is 0.337 e. The molecule has 7 nitrogen and oxygen atoms in total. The fraction of sp³-hybridized carbons (Fsp3) is 0.333. The summed E-state index contributed by atoms with van der Waals surface area (Å²) in [5.74, 6) is -2.90. The van der Waals surface area contributed by atoms with Gasteiger partial charge in [-0.1, -0.05) is 0 Å². The molecule has 1 aromatic heterocycles. The molecule has 0 aromatic carbocycles. The van der Waals surface area contributed by atoms with Crippen LogP contribution in [0.15, 0.2) is 17.1 Å². The molecule has 0 aliphatic carbocycles. The van der Waals surface area contributed by atoms with Gasteiger partial charge in [0, 0.05) is 25.2 Å². The van der Waals surface area contributed by atoms with Crippen molar-refractivity contribution < 1.29 is 19.5 Å². The molecule has 1 aliphatic rings. The van der Waals surface area contributed by atoms with Crippen LogP contribution in [0.2, 0.25) is 0 Å². The quantitative estimate of drug-likeness (QED) is 0.707. The third kappa shape index (κ3) is 2.40. The summed E-state index contributed by atoms with van der Waals surface area (Å²) in [4.78, 5) is 45.7. The number of aromatic nitrogens is 1. The molecule has 0 bridgehead atoms. The Morgan fingerprint density at radius 3 is 2.68 bits per heavy atom. The lowest BCUT2D eigenvalue weighted by molar-refractivity contribution is -0.134. The van der Waals surface area contributed by atoms with Crippen molar-refractivity contribution in [2.24, 2.45) is 7.05 Å². The summed E-state index contributed by atoms with van der Waals surface area (Å²) in [5, 5.41) is 11.1. The van der Waals surface area contributed by atoms with Crippen molar-refractivity contribution in [2.45, 2.75) is 18.8 Å². The summed E-state index contributed by atoms with van der Waals surface area (Å²) in [6.07, 6.45) is 1.54. The standard InChI is InChI=1S/C12H12N2O5/c1-14-5-6(12(18)19)4-8(11(14)17)7-2-3-9(15)13-10(7)16/h4-5,7H,2-3H2,1H3,(H,18,19)(H,13,15,16). The van der Waals surface area contributed by atoms with Gasteiger partial charge in [0.15, 0.2) is 0 Å². The number of nitrogens with one attached hydrogen (secondary N) is 1. The number of pyridine rings is 1. The van der Waals surface area contributed by atoms with E-state index in [9.17, 15) is 19.2 Å². The average Bonchev–Trinajstić information content (AvgIpc) is 2.33. The van der Waals surface area contributed by atoms with Crippen molar-refractivity contribution in [3.8, 4) is 0 Å². The number of nitrogens with zero attached hydrogens (tertiary/aromatic N) is 1. The van der Waals surface area contributed by atoms with Crippen LogP contribution in [-0.4, -0.2) is 27.5 Å². The van der Waals surface area contributed by atoms with Crippen molar-refractivity contribution in [3.63, 3.8) is 0 Å². The van der Waals surface area contributed by atoms with E-state index in [0.717, 1.165) is 4.57 Å². The topological polar surface area (TPSA) is 105 Å². The van der Waals surface area contributed by atoms with Crippen LogP contribution in [0, 0.1) is 0 Å². The maximum absolute atomic E-state index is 12.0. The predicted molar refractivity (Wildman–Crippen MR) is 63.8 cm³/mol. The molecule has 2 amide bonds. The minimum absolute atomic E-state index is 0.0678. The fourth-order valence-electron chi connectivity index (χ4n) is 2.09. The third-order valence-corrected chi connectivity index (χ3v) is 3.07. The zero-order chi connectivity index (χ0) is 14.2. The second-order valence-electron chi connectivity index (χ2n) is 4.41. The van der Waals surface area contributed by atoms with Gasteiger partial charge in [0.05, 0.1) is 11.5 Å².